The Morgan fingerprint density at radius 3 is 2.14 bits per heavy atom. The number of ether oxygens (including phenoxy) is 1. The third-order valence-corrected chi connectivity index (χ3v) is 4.79. The van der Waals surface area contributed by atoms with Crippen LogP contribution in [-0.4, -0.2) is 26.5 Å². The van der Waals surface area contributed by atoms with Crippen LogP contribution in [0.5, 0.6) is 0 Å². The Balaban J connectivity index is 2.14. The zero-order chi connectivity index (χ0) is 21.5. The summed E-state index contributed by atoms with van der Waals surface area (Å²) in [6.07, 6.45) is 0.539. The van der Waals surface area contributed by atoms with Crippen LogP contribution in [0.1, 0.15) is 18.9 Å². The number of carbonyl (C=O) groups is 1. The van der Waals surface area contributed by atoms with Gasteiger partial charge in [-0.05, 0) is 30.0 Å². The van der Waals surface area contributed by atoms with Crippen molar-refractivity contribution in [2.75, 3.05) is 6.61 Å². The lowest BCUT2D eigenvalue weighted by Gasteiger charge is -2.12. The topological polar surface area (TPSA) is 69.7 Å². The van der Waals surface area contributed by atoms with Gasteiger partial charge in [0.05, 0.1) is 12.7 Å². The summed E-state index contributed by atoms with van der Waals surface area (Å²) in [5, 5.41) is 0. The molecule has 0 N–H and O–H groups in total. The van der Waals surface area contributed by atoms with Gasteiger partial charge in [0.15, 0.2) is 0 Å². The molecule has 0 unspecified atom stereocenters. The molecule has 0 heterocycles. The van der Waals surface area contributed by atoms with E-state index in [0.29, 0.717) is 6.08 Å². The van der Waals surface area contributed by atoms with Crippen molar-refractivity contribution in [2.45, 2.75) is 25.3 Å². The van der Waals surface area contributed by atoms with Crippen LogP contribution in [0.3, 0.4) is 0 Å². The van der Waals surface area contributed by atoms with E-state index in [1.165, 1.54) is 6.92 Å². The molecule has 0 amide bonds. The highest BCUT2D eigenvalue weighted by Gasteiger charge is 2.48. The zero-order valence-corrected chi connectivity index (χ0v) is 16.3. The minimum atomic E-state index is -5.88. The molecule has 2 rings (SSSR count). The Morgan fingerprint density at radius 2 is 1.59 bits per heavy atom. The Morgan fingerprint density at radius 1 is 1.00 bits per heavy atom. The summed E-state index contributed by atoms with van der Waals surface area (Å²) in [5.41, 5.74) is -2.92. The van der Waals surface area contributed by atoms with Crippen molar-refractivity contribution in [2.24, 2.45) is 0 Å². The van der Waals surface area contributed by atoms with Crippen LogP contribution < -0.4 is 0 Å². The third kappa shape index (κ3) is 6.63. The van der Waals surface area contributed by atoms with Crippen molar-refractivity contribution in [1.82, 2.24) is 0 Å². The van der Waals surface area contributed by atoms with Gasteiger partial charge in [0.25, 0.3) is 0 Å². The van der Waals surface area contributed by atoms with Crippen molar-refractivity contribution in [1.29, 1.82) is 0 Å². The van der Waals surface area contributed by atoms with Crippen molar-refractivity contribution in [3.63, 3.8) is 0 Å². The van der Waals surface area contributed by atoms with Crippen LogP contribution in [0.4, 0.5) is 13.2 Å². The number of alkyl halides is 3. The number of benzene rings is 2. The molecule has 0 spiro atoms. The zero-order valence-electron chi connectivity index (χ0n) is 15.5. The molecular formula is C20H19F3O5S. The van der Waals surface area contributed by atoms with Crippen LogP contribution in [-0.2, 0) is 30.3 Å². The molecule has 5 nitrogen and oxygen atoms in total. The third-order valence-electron chi connectivity index (χ3n) is 3.79. The maximum atomic E-state index is 12.6. The molecule has 156 valence electrons. The summed E-state index contributed by atoms with van der Waals surface area (Å²) in [6, 6.07) is 16.8. The molecule has 0 aliphatic rings. The first-order valence-electron chi connectivity index (χ1n) is 8.65. The molecule has 0 aromatic heterocycles. The van der Waals surface area contributed by atoms with E-state index in [1.54, 1.807) is 12.1 Å². The molecule has 29 heavy (non-hydrogen) atoms. The normalized spacial score (nSPS) is 12.5. The fraction of sp³-hybridized carbons (Fsp3) is 0.250. The summed E-state index contributed by atoms with van der Waals surface area (Å²) in [6.45, 7) is 1.49. The van der Waals surface area contributed by atoms with E-state index in [4.69, 9.17) is 0 Å². The van der Waals surface area contributed by atoms with Gasteiger partial charge < -0.3 is 8.92 Å². The lowest BCUT2D eigenvalue weighted by atomic mass is 10.0. The number of esters is 1. The predicted octanol–water partition coefficient (Wildman–Crippen LogP) is 4.60. The van der Waals surface area contributed by atoms with E-state index in [2.05, 4.69) is 8.92 Å². The molecule has 0 saturated carbocycles. The first kappa shape index (κ1) is 22.5. The average Bonchev–Trinajstić information content (AvgIpc) is 2.66. The Bertz CT molecular complexity index is 950. The molecule has 0 fully saturated rings. The number of halogens is 3. The predicted molar refractivity (Wildman–Crippen MR) is 101 cm³/mol. The SMILES string of the molecule is CCOC(=O)C=C(CCc1ccc(-c2ccccc2)cc1)OS(=O)(=O)C(F)(F)F. The number of allylic oxidation sites excluding steroid dienone is 1. The number of aryl methyl sites for hydroxylation is 1. The van der Waals surface area contributed by atoms with Gasteiger partial charge in [-0.3, -0.25) is 0 Å². The number of hydrogen-bond acceptors (Lipinski definition) is 5. The van der Waals surface area contributed by atoms with Crippen molar-refractivity contribution < 1.29 is 35.3 Å². The van der Waals surface area contributed by atoms with Gasteiger partial charge in [0.2, 0.25) is 0 Å². The Kier molecular flexibility index (Phi) is 7.44. The van der Waals surface area contributed by atoms with Crippen molar-refractivity contribution in [3.8, 4) is 11.1 Å². The molecule has 0 saturated heterocycles. The fourth-order valence-electron chi connectivity index (χ4n) is 2.40. The van der Waals surface area contributed by atoms with E-state index in [-0.39, 0.29) is 19.4 Å². The Hall–Kier alpha value is -2.81. The first-order chi connectivity index (χ1) is 13.6. The minimum absolute atomic E-state index is 0.0183. The van der Waals surface area contributed by atoms with Gasteiger partial charge in [0.1, 0.15) is 5.76 Å². The fourth-order valence-corrected chi connectivity index (χ4v) is 2.91. The number of rotatable bonds is 8. The highest BCUT2D eigenvalue weighted by Crippen LogP contribution is 2.28. The van der Waals surface area contributed by atoms with Gasteiger partial charge >= 0.3 is 21.6 Å². The van der Waals surface area contributed by atoms with Gasteiger partial charge in [-0.15, -0.1) is 0 Å². The second kappa shape index (κ2) is 9.60. The quantitative estimate of drug-likeness (QED) is 0.202. The van der Waals surface area contributed by atoms with Gasteiger partial charge in [-0.1, -0.05) is 54.6 Å². The molecular weight excluding hydrogens is 409 g/mol. The van der Waals surface area contributed by atoms with E-state index < -0.39 is 27.4 Å². The monoisotopic (exact) mass is 428 g/mol. The summed E-state index contributed by atoms with van der Waals surface area (Å²) < 4.78 is 69.1. The molecule has 0 aliphatic heterocycles. The van der Waals surface area contributed by atoms with Gasteiger partial charge in [0, 0.05) is 6.42 Å². The molecule has 0 aliphatic carbocycles. The molecule has 0 bridgehead atoms. The largest absolute Gasteiger partial charge is 0.534 e. The summed E-state index contributed by atoms with van der Waals surface area (Å²) >= 11 is 0. The minimum Gasteiger partial charge on any atom is -0.463 e. The molecule has 2 aromatic rings. The van der Waals surface area contributed by atoms with Crippen LogP contribution in [0.15, 0.2) is 66.4 Å². The van der Waals surface area contributed by atoms with Crippen LogP contribution in [0.25, 0.3) is 11.1 Å². The second-order valence-corrected chi connectivity index (χ2v) is 7.45. The van der Waals surface area contributed by atoms with E-state index in [9.17, 15) is 26.4 Å². The highest BCUT2D eigenvalue weighted by atomic mass is 32.2. The van der Waals surface area contributed by atoms with Gasteiger partial charge in [-0.25, -0.2) is 4.79 Å². The molecule has 2 aromatic carbocycles. The second-order valence-electron chi connectivity index (χ2n) is 5.91. The van der Waals surface area contributed by atoms with E-state index >= 15 is 0 Å². The van der Waals surface area contributed by atoms with Crippen molar-refractivity contribution >= 4 is 16.1 Å². The first-order valence-corrected chi connectivity index (χ1v) is 10.1. The summed E-state index contributed by atoms with van der Waals surface area (Å²) in [7, 11) is -5.88. The number of hydrogen-bond donors (Lipinski definition) is 0. The molecule has 0 radical (unpaired) electrons. The smallest absolute Gasteiger partial charge is 0.463 e. The average molecular weight is 428 g/mol. The Labute approximate surface area is 166 Å². The van der Waals surface area contributed by atoms with Crippen LogP contribution in [0.2, 0.25) is 0 Å². The number of carbonyl (C=O) groups excluding carboxylic acids is 1. The lowest BCUT2D eigenvalue weighted by molar-refractivity contribution is -0.137. The van der Waals surface area contributed by atoms with Crippen molar-refractivity contribution in [3.05, 3.63) is 72.0 Å². The summed E-state index contributed by atoms with van der Waals surface area (Å²) in [4.78, 5) is 11.5. The lowest BCUT2D eigenvalue weighted by Crippen LogP contribution is -2.25. The molecule has 0 atom stereocenters. The standard InChI is InChI=1S/C20H19F3O5S/c1-2-27-19(24)14-18(28-29(25,26)20(21,22)23)13-10-15-8-11-17(12-9-15)16-6-4-3-5-7-16/h3-9,11-12,14H,2,10,13H2,1H3. The molecule has 9 heteroatoms. The highest BCUT2D eigenvalue weighted by molar-refractivity contribution is 7.87. The maximum Gasteiger partial charge on any atom is 0.534 e. The maximum absolute atomic E-state index is 12.6. The van der Waals surface area contributed by atoms with E-state index in [0.717, 1.165) is 16.7 Å². The summed E-state index contributed by atoms with van der Waals surface area (Å²) in [5.74, 6) is -1.63. The van der Waals surface area contributed by atoms with Gasteiger partial charge in [-0.2, -0.15) is 21.6 Å². The van der Waals surface area contributed by atoms with Crippen LogP contribution in [0, 0.1) is 0 Å². The van der Waals surface area contributed by atoms with Crippen LogP contribution >= 0.6 is 0 Å². The van der Waals surface area contributed by atoms with E-state index in [1.807, 2.05) is 42.5 Å².